The van der Waals surface area contributed by atoms with Crippen molar-refractivity contribution in [3.63, 3.8) is 0 Å². The number of terminal acetylenes is 1. The number of fused-ring (bicyclic) bond motifs is 3. The van der Waals surface area contributed by atoms with Crippen LogP contribution in [0.25, 0.3) is 12.2 Å². The molecule has 1 aromatic rings. The summed E-state index contributed by atoms with van der Waals surface area (Å²) in [5.41, 5.74) is 6.44. The molecule has 108 valence electrons. The van der Waals surface area contributed by atoms with Crippen LogP contribution in [0.2, 0.25) is 0 Å². The fraction of sp³-hybridized carbons (Fsp3) is 0.273. The topological polar surface area (TPSA) is 0 Å². The molecule has 0 heteroatoms. The molecule has 0 radical (unpaired) electrons. The molecule has 0 fully saturated rings. The number of rotatable bonds is 0. The number of hydrogen-bond acceptors (Lipinski definition) is 0. The average molecular weight is 284 g/mol. The lowest BCUT2D eigenvalue weighted by Gasteiger charge is -2.39. The van der Waals surface area contributed by atoms with Crippen LogP contribution < -0.4 is 0 Å². The van der Waals surface area contributed by atoms with E-state index >= 15 is 0 Å². The predicted molar refractivity (Wildman–Crippen MR) is 94.4 cm³/mol. The van der Waals surface area contributed by atoms with E-state index in [9.17, 15) is 0 Å². The smallest absolute Gasteiger partial charge is 0.0641 e. The van der Waals surface area contributed by atoms with Crippen molar-refractivity contribution in [3.8, 4) is 12.3 Å². The first kappa shape index (κ1) is 13.4. The first-order valence-corrected chi connectivity index (χ1v) is 8.02. The summed E-state index contributed by atoms with van der Waals surface area (Å²) < 4.78 is 0. The lowest BCUT2D eigenvalue weighted by molar-refractivity contribution is 0.501. The molecule has 0 nitrogen and oxygen atoms in total. The van der Waals surface area contributed by atoms with Crippen LogP contribution >= 0.6 is 0 Å². The molecule has 0 aliphatic heterocycles. The molecule has 0 heterocycles. The summed E-state index contributed by atoms with van der Waals surface area (Å²) in [5, 5.41) is 0. The molecule has 0 aromatic heterocycles. The number of benzene rings is 1. The Balaban J connectivity index is 2.00. The third-order valence-electron chi connectivity index (χ3n) is 5.44. The summed E-state index contributed by atoms with van der Waals surface area (Å²) in [4.78, 5) is 0. The minimum atomic E-state index is -0.274. The molecule has 22 heavy (non-hydrogen) atoms. The zero-order chi connectivity index (χ0) is 15.3. The van der Waals surface area contributed by atoms with Gasteiger partial charge in [-0.3, -0.25) is 0 Å². The van der Waals surface area contributed by atoms with E-state index in [4.69, 9.17) is 6.42 Å². The van der Waals surface area contributed by atoms with Gasteiger partial charge in [0.2, 0.25) is 0 Å². The predicted octanol–water partition coefficient (Wildman–Crippen LogP) is 5.24. The summed E-state index contributed by atoms with van der Waals surface area (Å²) in [5.74, 6) is 3.96. The Bertz CT molecular complexity index is 807. The Kier molecular flexibility index (Phi) is 2.81. The molecule has 3 aliphatic carbocycles. The Morgan fingerprint density at radius 1 is 1.18 bits per heavy atom. The summed E-state index contributed by atoms with van der Waals surface area (Å²) in [7, 11) is 0. The summed E-state index contributed by atoms with van der Waals surface area (Å²) >= 11 is 0. The molecule has 0 spiro atoms. The molecular formula is C22H20. The fourth-order valence-corrected chi connectivity index (χ4v) is 4.05. The first-order valence-electron chi connectivity index (χ1n) is 8.02. The standard InChI is InChI=1S/C22H20/c1-4-22(3)20-11-6-5-9-17(20)12-18-13-19-15(2)8-7-10-16(19)14-21(18)22/h1,5-7,9-15,20H,8H2,2-3H3. The SMILES string of the molecule is C#CC1(C)c2cc3c(cc2C=C2C=CC=CC21)C(C)CC=C3. The Labute approximate surface area is 132 Å². The molecule has 4 rings (SSSR count). The van der Waals surface area contributed by atoms with Gasteiger partial charge in [-0.05, 0) is 53.2 Å². The van der Waals surface area contributed by atoms with Crippen LogP contribution in [0.4, 0.5) is 0 Å². The second-order valence-corrected chi connectivity index (χ2v) is 6.82. The molecule has 3 atom stereocenters. The van der Waals surface area contributed by atoms with Gasteiger partial charge in [-0.15, -0.1) is 6.42 Å². The zero-order valence-electron chi connectivity index (χ0n) is 13.1. The highest BCUT2D eigenvalue weighted by Crippen LogP contribution is 2.47. The molecule has 0 N–H and O–H groups in total. The molecule has 3 aliphatic rings. The third-order valence-corrected chi connectivity index (χ3v) is 5.44. The average Bonchev–Trinajstić information content (AvgIpc) is 2.55. The van der Waals surface area contributed by atoms with Gasteiger partial charge in [0.05, 0.1) is 5.41 Å². The second kappa shape index (κ2) is 4.62. The monoisotopic (exact) mass is 284 g/mol. The van der Waals surface area contributed by atoms with E-state index in [1.54, 1.807) is 0 Å². The maximum atomic E-state index is 6.01. The third kappa shape index (κ3) is 1.72. The highest BCUT2D eigenvalue weighted by molar-refractivity contribution is 5.73. The molecule has 0 saturated carbocycles. The normalized spacial score (nSPS) is 30.9. The van der Waals surface area contributed by atoms with Crippen LogP contribution in [0.15, 0.2) is 48.1 Å². The van der Waals surface area contributed by atoms with Crippen LogP contribution in [-0.4, -0.2) is 0 Å². The largest absolute Gasteiger partial charge is 0.119 e. The van der Waals surface area contributed by atoms with Crippen molar-refractivity contribution in [3.05, 3.63) is 70.3 Å². The van der Waals surface area contributed by atoms with Gasteiger partial charge >= 0.3 is 0 Å². The molecule has 1 aromatic carbocycles. The van der Waals surface area contributed by atoms with Crippen LogP contribution in [0.1, 0.15) is 48.4 Å². The minimum Gasteiger partial charge on any atom is -0.119 e. The van der Waals surface area contributed by atoms with E-state index in [2.05, 4.69) is 74.4 Å². The Morgan fingerprint density at radius 3 is 2.86 bits per heavy atom. The van der Waals surface area contributed by atoms with Crippen LogP contribution in [0.5, 0.6) is 0 Å². The Hall–Kier alpha value is -2.26. The van der Waals surface area contributed by atoms with Gasteiger partial charge < -0.3 is 0 Å². The maximum Gasteiger partial charge on any atom is 0.0641 e. The van der Waals surface area contributed by atoms with Crippen LogP contribution in [0.3, 0.4) is 0 Å². The zero-order valence-corrected chi connectivity index (χ0v) is 13.1. The molecule has 0 amide bonds. The van der Waals surface area contributed by atoms with Gasteiger partial charge in [0, 0.05) is 5.92 Å². The summed E-state index contributed by atoms with van der Waals surface area (Å²) in [6, 6.07) is 4.69. The summed E-state index contributed by atoms with van der Waals surface area (Å²) in [6.07, 6.45) is 22.7. The molecular weight excluding hydrogens is 264 g/mol. The lowest BCUT2D eigenvalue weighted by Crippen LogP contribution is -2.34. The second-order valence-electron chi connectivity index (χ2n) is 6.82. The maximum absolute atomic E-state index is 6.01. The van der Waals surface area contributed by atoms with Crippen molar-refractivity contribution < 1.29 is 0 Å². The minimum absolute atomic E-state index is 0.274. The van der Waals surface area contributed by atoms with Crippen molar-refractivity contribution in [2.75, 3.05) is 0 Å². The van der Waals surface area contributed by atoms with Gasteiger partial charge in [-0.25, -0.2) is 0 Å². The van der Waals surface area contributed by atoms with Crippen molar-refractivity contribution in [1.29, 1.82) is 0 Å². The Morgan fingerprint density at radius 2 is 2.05 bits per heavy atom. The lowest BCUT2D eigenvalue weighted by atomic mass is 9.63. The van der Waals surface area contributed by atoms with Crippen molar-refractivity contribution >= 4 is 12.2 Å². The highest BCUT2D eigenvalue weighted by Gasteiger charge is 2.39. The van der Waals surface area contributed by atoms with Crippen molar-refractivity contribution in [2.45, 2.75) is 31.6 Å². The number of hydrogen-bond donors (Lipinski definition) is 0. The molecule has 0 bridgehead atoms. The number of allylic oxidation sites excluding steroid dienone is 6. The van der Waals surface area contributed by atoms with E-state index in [1.807, 2.05) is 0 Å². The van der Waals surface area contributed by atoms with Gasteiger partial charge in [-0.2, -0.15) is 0 Å². The van der Waals surface area contributed by atoms with E-state index in [0.29, 0.717) is 5.92 Å². The molecule has 3 unspecified atom stereocenters. The van der Waals surface area contributed by atoms with Gasteiger partial charge in [0.15, 0.2) is 0 Å². The van der Waals surface area contributed by atoms with Gasteiger partial charge in [0.25, 0.3) is 0 Å². The van der Waals surface area contributed by atoms with E-state index in [1.165, 1.54) is 27.8 Å². The fourth-order valence-electron chi connectivity index (χ4n) is 4.05. The van der Waals surface area contributed by atoms with Gasteiger partial charge in [0.1, 0.15) is 0 Å². The van der Waals surface area contributed by atoms with Crippen LogP contribution in [0, 0.1) is 18.3 Å². The first-order chi connectivity index (χ1) is 10.6. The van der Waals surface area contributed by atoms with E-state index in [0.717, 1.165) is 6.42 Å². The van der Waals surface area contributed by atoms with Crippen molar-refractivity contribution in [2.24, 2.45) is 5.92 Å². The van der Waals surface area contributed by atoms with Crippen LogP contribution in [-0.2, 0) is 5.41 Å². The van der Waals surface area contributed by atoms with Crippen molar-refractivity contribution in [1.82, 2.24) is 0 Å². The molecule has 0 saturated heterocycles. The van der Waals surface area contributed by atoms with E-state index in [-0.39, 0.29) is 11.3 Å². The summed E-state index contributed by atoms with van der Waals surface area (Å²) in [6.45, 7) is 4.51. The van der Waals surface area contributed by atoms with Gasteiger partial charge in [-0.1, -0.05) is 61.4 Å². The van der Waals surface area contributed by atoms with E-state index < -0.39 is 0 Å². The quantitative estimate of drug-likeness (QED) is 0.572. The highest BCUT2D eigenvalue weighted by atomic mass is 14.4.